The first-order chi connectivity index (χ1) is 9.45. The van der Waals surface area contributed by atoms with Gasteiger partial charge in [-0.15, -0.1) is 0 Å². The van der Waals surface area contributed by atoms with Crippen molar-refractivity contribution in [3.63, 3.8) is 0 Å². The van der Waals surface area contributed by atoms with Crippen LogP contribution in [-0.4, -0.2) is 12.2 Å². The molecular weight excluding hydrogens is 354 g/mol. The molecule has 0 aliphatic rings. The van der Waals surface area contributed by atoms with Crippen molar-refractivity contribution in [2.24, 2.45) is 0 Å². The molecule has 0 saturated carbocycles. The summed E-state index contributed by atoms with van der Waals surface area (Å²) >= 11 is 8.90. The van der Waals surface area contributed by atoms with E-state index in [-0.39, 0.29) is 15.1 Å². The van der Waals surface area contributed by atoms with Gasteiger partial charge in [0.15, 0.2) is 0 Å². The highest BCUT2D eigenvalue weighted by molar-refractivity contribution is 9.10. The molecule has 6 heteroatoms. The van der Waals surface area contributed by atoms with E-state index in [0.29, 0.717) is 5.75 Å². The molecular formula is C14H10BrClF2O2. The zero-order chi connectivity index (χ0) is 14.9. The fraction of sp³-hybridized carbons (Fsp3) is 0.143. The van der Waals surface area contributed by atoms with Gasteiger partial charge < -0.3 is 9.84 Å². The van der Waals surface area contributed by atoms with Crippen molar-refractivity contribution in [2.75, 3.05) is 7.11 Å². The molecule has 2 nitrogen and oxygen atoms in total. The van der Waals surface area contributed by atoms with Crippen molar-refractivity contribution in [2.45, 2.75) is 6.10 Å². The molecule has 0 radical (unpaired) electrons. The van der Waals surface area contributed by atoms with E-state index in [9.17, 15) is 13.9 Å². The fourth-order valence-electron chi connectivity index (χ4n) is 1.81. The first-order valence-corrected chi connectivity index (χ1v) is 6.77. The third-order valence-electron chi connectivity index (χ3n) is 2.84. The Balaban J connectivity index is 2.49. The van der Waals surface area contributed by atoms with Gasteiger partial charge in [0.05, 0.1) is 22.2 Å². The van der Waals surface area contributed by atoms with E-state index >= 15 is 0 Å². The Bertz CT molecular complexity index is 649. The van der Waals surface area contributed by atoms with Crippen molar-refractivity contribution in [3.8, 4) is 5.75 Å². The molecule has 1 N–H and O–H groups in total. The van der Waals surface area contributed by atoms with Crippen LogP contribution in [0.2, 0.25) is 5.02 Å². The van der Waals surface area contributed by atoms with Gasteiger partial charge in [-0.1, -0.05) is 17.7 Å². The molecule has 0 aliphatic heterocycles. The molecule has 0 bridgehead atoms. The predicted molar refractivity (Wildman–Crippen MR) is 76.1 cm³/mol. The van der Waals surface area contributed by atoms with Gasteiger partial charge in [-0.05, 0) is 45.8 Å². The molecule has 0 fully saturated rings. The molecule has 0 saturated heterocycles. The Labute approximate surface area is 128 Å². The van der Waals surface area contributed by atoms with Crippen LogP contribution in [0.3, 0.4) is 0 Å². The minimum atomic E-state index is -1.46. The molecule has 20 heavy (non-hydrogen) atoms. The number of ether oxygens (including phenoxy) is 1. The van der Waals surface area contributed by atoms with Gasteiger partial charge in [-0.25, -0.2) is 8.78 Å². The maximum Gasteiger partial charge on any atom is 0.146 e. The van der Waals surface area contributed by atoms with Crippen molar-refractivity contribution in [3.05, 3.63) is 62.6 Å². The molecule has 1 unspecified atom stereocenters. The van der Waals surface area contributed by atoms with Crippen molar-refractivity contribution in [1.82, 2.24) is 0 Å². The van der Waals surface area contributed by atoms with Gasteiger partial charge in [-0.3, -0.25) is 0 Å². The van der Waals surface area contributed by atoms with E-state index in [1.54, 1.807) is 0 Å². The standard InChI is InChI=1S/C14H10BrClF2O2/c1-20-11-5-2-7(6-9(11)16)14(19)12-10(17)4-3-8(15)13(12)18/h2-6,14,19H,1H3. The second-order valence-electron chi connectivity index (χ2n) is 4.05. The Kier molecular flexibility index (Phi) is 4.62. The predicted octanol–water partition coefficient (Wildman–Crippen LogP) is 4.47. The van der Waals surface area contributed by atoms with Gasteiger partial charge in [-0.2, -0.15) is 0 Å². The Morgan fingerprint density at radius 1 is 1.25 bits per heavy atom. The summed E-state index contributed by atoms with van der Waals surface area (Å²) < 4.78 is 32.7. The Morgan fingerprint density at radius 3 is 2.55 bits per heavy atom. The van der Waals surface area contributed by atoms with Gasteiger partial charge in [0.1, 0.15) is 23.5 Å². The number of aliphatic hydroxyl groups is 1. The third-order valence-corrected chi connectivity index (χ3v) is 3.75. The van der Waals surface area contributed by atoms with Crippen LogP contribution < -0.4 is 4.74 Å². The minimum absolute atomic E-state index is 0.0764. The Hall–Kier alpha value is -1.17. The van der Waals surface area contributed by atoms with Gasteiger partial charge in [0.25, 0.3) is 0 Å². The summed E-state index contributed by atoms with van der Waals surface area (Å²) in [5.74, 6) is -1.26. The van der Waals surface area contributed by atoms with Crippen LogP contribution in [0.15, 0.2) is 34.8 Å². The van der Waals surface area contributed by atoms with E-state index in [1.807, 2.05) is 0 Å². The summed E-state index contributed by atoms with van der Waals surface area (Å²) in [7, 11) is 1.45. The van der Waals surface area contributed by atoms with Crippen molar-refractivity contribution in [1.29, 1.82) is 0 Å². The molecule has 0 heterocycles. The number of aliphatic hydroxyl groups excluding tert-OH is 1. The van der Waals surface area contributed by atoms with Gasteiger partial charge >= 0.3 is 0 Å². The molecule has 2 aromatic carbocycles. The second kappa shape index (κ2) is 6.08. The van der Waals surface area contributed by atoms with Gasteiger partial charge in [0.2, 0.25) is 0 Å². The summed E-state index contributed by atoms with van der Waals surface area (Å²) in [6.07, 6.45) is -1.46. The first kappa shape index (κ1) is 15.2. The number of rotatable bonds is 3. The zero-order valence-corrected chi connectivity index (χ0v) is 12.7. The lowest BCUT2D eigenvalue weighted by atomic mass is 10.0. The number of benzene rings is 2. The first-order valence-electron chi connectivity index (χ1n) is 5.60. The molecule has 0 aromatic heterocycles. The highest BCUT2D eigenvalue weighted by atomic mass is 79.9. The number of methoxy groups -OCH3 is 1. The number of halogens is 4. The van der Waals surface area contributed by atoms with Crippen LogP contribution in [0, 0.1) is 11.6 Å². The van der Waals surface area contributed by atoms with Crippen LogP contribution in [-0.2, 0) is 0 Å². The topological polar surface area (TPSA) is 29.5 Å². The summed E-state index contributed by atoms with van der Waals surface area (Å²) in [6, 6.07) is 6.74. The summed E-state index contributed by atoms with van der Waals surface area (Å²) in [5.41, 5.74) is -0.160. The van der Waals surface area contributed by atoms with Crippen LogP contribution in [0.25, 0.3) is 0 Å². The van der Waals surface area contributed by atoms with Gasteiger partial charge in [0, 0.05) is 0 Å². The molecule has 2 rings (SSSR count). The minimum Gasteiger partial charge on any atom is -0.495 e. The van der Waals surface area contributed by atoms with E-state index in [4.69, 9.17) is 16.3 Å². The molecule has 0 spiro atoms. The zero-order valence-electron chi connectivity index (χ0n) is 10.3. The normalized spacial score (nSPS) is 12.3. The van der Waals surface area contributed by atoms with Crippen molar-refractivity contribution < 1.29 is 18.6 Å². The summed E-state index contributed by atoms with van der Waals surface area (Å²) in [4.78, 5) is 0. The molecule has 0 amide bonds. The lowest BCUT2D eigenvalue weighted by Crippen LogP contribution is -2.06. The van der Waals surface area contributed by atoms with E-state index < -0.39 is 23.3 Å². The smallest absolute Gasteiger partial charge is 0.146 e. The van der Waals surface area contributed by atoms with E-state index in [1.165, 1.54) is 31.4 Å². The largest absolute Gasteiger partial charge is 0.495 e. The average Bonchev–Trinajstić information content (AvgIpc) is 2.43. The third kappa shape index (κ3) is 2.80. The molecule has 2 aromatic rings. The maximum absolute atomic E-state index is 13.9. The maximum atomic E-state index is 13.9. The van der Waals surface area contributed by atoms with Crippen LogP contribution in [0.4, 0.5) is 8.78 Å². The van der Waals surface area contributed by atoms with Crippen LogP contribution >= 0.6 is 27.5 Å². The summed E-state index contributed by atoms with van der Waals surface area (Å²) in [5, 5.41) is 10.4. The summed E-state index contributed by atoms with van der Waals surface area (Å²) in [6.45, 7) is 0. The van der Waals surface area contributed by atoms with Crippen molar-refractivity contribution >= 4 is 27.5 Å². The van der Waals surface area contributed by atoms with Crippen LogP contribution in [0.5, 0.6) is 5.75 Å². The number of hydrogen-bond donors (Lipinski definition) is 1. The SMILES string of the molecule is COc1ccc(C(O)c2c(F)ccc(Br)c2F)cc1Cl. The lowest BCUT2D eigenvalue weighted by molar-refractivity contribution is 0.208. The number of hydrogen-bond acceptors (Lipinski definition) is 2. The Morgan fingerprint density at radius 2 is 1.95 bits per heavy atom. The second-order valence-corrected chi connectivity index (χ2v) is 5.31. The quantitative estimate of drug-likeness (QED) is 0.815. The van der Waals surface area contributed by atoms with E-state index in [0.717, 1.165) is 6.07 Å². The lowest BCUT2D eigenvalue weighted by Gasteiger charge is -2.15. The monoisotopic (exact) mass is 362 g/mol. The molecule has 106 valence electrons. The highest BCUT2D eigenvalue weighted by Crippen LogP contribution is 2.34. The molecule has 1 atom stereocenters. The van der Waals surface area contributed by atoms with Crippen LogP contribution in [0.1, 0.15) is 17.2 Å². The average molecular weight is 364 g/mol. The molecule has 0 aliphatic carbocycles. The van der Waals surface area contributed by atoms with E-state index in [2.05, 4.69) is 15.9 Å². The fourth-order valence-corrected chi connectivity index (χ4v) is 2.42. The highest BCUT2D eigenvalue weighted by Gasteiger charge is 2.22.